The van der Waals surface area contributed by atoms with Gasteiger partial charge in [-0.3, -0.25) is 9.59 Å². The Morgan fingerprint density at radius 1 is 1.10 bits per heavy atom. The smallest absolute Gasteiger partial charge is 0.325 e. The number of rotatable bonds is 5. The second kappa shape index (κ2) is 8.94. The van der Waals surface area contributed by atoms with E-state index in [9.17, 15) is 9.59 Å². The van der Waals surface area contributed by atoms with Crippen molar-refractivity contribution in [1.82, 2.24) is 10.2 Å². The molecule has 2 aromatic carbocycles. The van der Waals surface area contributed by atoms with E-state index in [1.165, 1.54) is 4.90 Å². The summed E-state index contributed by atoms with van der Waals surface area (Å²) in [6.07, 6.45) is 4.08. The maximum Gasteiger partial charge on any atom is 0.325 e. The van der Waals surface area contributed by atoms with Crippen LogP contribution in [0.25, 0.3) is 5.57 Å². The quantitative estimate of drug-likeness (QED) is 0.752. The maximum atomic E-state index is 12.7. The lowest BCUT2D eigenvalue weighted by Gasteiger charge is -2.40. The molecule has 1 N–H and O–H groups in total. The average Bonchev–Trinajstić information content (AvgIpc) is 2.79. The fourth-order valence-corrected chi connectivity index (χ4v) is 4.19. The SMILES string of the molecule is CCOC(=O)CN(C)C(=O)c1ccc(C2=CC3(CCNCC3)Oc3ccccc32)cc1. The zero-order valence-corrected chi connectivity index (χ0v) is 18.0. The normalized spacial score (nSPS) is 16.6. The predicted molar refractivity (Wildman–Crippen MR) is 119 cm³/mol. The number of nitrogens with one attached hydrogen (secondary N) is 1. The van der Waals surface area contributed by atoms with Crippen molar-refractivity contribution in [1.29, 1.82) is 0 Å². The number of carbonyl (C=O) groups excluding carboxylic acids is 2. The molecular weight excluding hydrogens is 392 g/mol. The van der Waals surface area contributed by atoms with Crippen LogP contribution in [0.5, 0.6) is 5.75 Å². The van der Waals surface area contributed by atoms with Crippen molar-refractivity contribution in [2.45, 2.75) is 25.4 Å². The number of amides is 1. The van der Waals surface area contributed by atoms with Crippen molar-refractivity contribution >= 4 is 17.4 Å². The van der Waals surface area contributed by atoms with Crippen LogP contribution in [0.15, 0.2) is 54.6 Å². The molecule has 6 heteroatoms. The summed E-state index contributed by atoms with van der Waals surface area (Å²) in [4.78, 5) is 25.7. The second-order valence-electron chi connectivity index (χ2n) is 8.01. The highest BCUT2D eigenvalue weighted by molar-refractivity contribution is 5.96. The van der Waals surface area contributed by atoms with E-state index in [-0.39, 0.29) is 18.1 Å². The fraction of sp³-hybridized carbons (Fsp3) is 0.360. The number of piperidine rings is 1. The third kappa shape index (κ3) is 4.49. The van der Waals surface area contributed by atoms with Gasteiger partial charge in [-0.2, -0.15) is 0 Å². The molecule has 1 saturated heterocycles. The molecule has 2 aromatic rings. The molecule has 162 valence electrons. The van der Waals surface area contributed by atoms with E-state index in [0.717, 1.165) is 48.4 Å². The summed E-state index contributed by atoms with van der Waals surface area (Å²) in [6.45, 7) is 3.82. The number of carbonyl (C=O) groups is 2. The summed E-state index contributed by atoms with van der Waals surface area (Å²) < 4.78 is 11.4. The zero-order valence-electron chi connectivity index (χ0n) is 18.0. The first-order valence-electron chi connectivity index (χ1n) is 10.7. The molecule has 2 heterocycles. The Labute approximate surface area is 182 Å². The lowest BCUT2D eigenvalue weighted by Crippen LogP contribution is -2.46. The summed E-state index contributed by atoms with van der Waals surface area (Å²) in [5.74, 6) is 0.276. The van der Waals surface area contributed by atoms with E-state index < -0.39 is 5.97 Å². The molecule has 31 heavy (non-hydrogen) atoms. The molecule has 0 unspecified atom stereocenters. The van der Waals surface area contributed by atoms with Crippen molar-refractivity contribution in [3.8, 4) is 5.75 Å². The van der Waals surface area contributed by atoms with E-state index in [1.54, 1.807) is 14.0 Å². The van der Waals surface area contributed by atoms with E-state index in [4.69, 9.17) is 9.47 Å². The van der Waals surface area contributed by atoms with Gasteiger partial charge in [0.2, 0.25) is 0 Å². The van der Waals surface area contributed by atoms with E-state index >= 15 is 0 Å². The minimum Gasteiger partial charge on any atom is -0.482 e. The van der Waals surface area contributed by atoms with Crippen LogP contribution in [0.3, 0.4) is 0 Å². The number of ether oxygens (including phenoxy) is 2. The lowest BCUT2D eigenvalue weighted by molar-refractivity contribution is -0.143. The van der Waals surface area contributed by atoms with Crippen LogP contribution in [-0.4, -0.2) is 55.7 Å². The molecule has 6 nitrogen and oxygen atoms in total. The Balaban J connectivity index is 1.60. The number of hydrogen-bond donors (Lipinski definition) is 1. The highest BCUT2D eigenvalue weighted by Crippen LogP contribution is 2.42. The molecule has 1 fully saturated rings. The van der Waals surface area contributed by atoms with Gasteiger partial charge >= 0.3 is 5.97 Å². The number of fused-ring (bicyclic) bond motifs is 1. The lowest BCUT2D eigenvalue weighted by atomic mass is 9.83. The van der Waals surface area contributed by atoms with Gasteiger partial charge in [0.1, 0.15) is 17.9 Å². The Morgan fingerprint density at radius 3 is 2.52 bits per heavy atom. The molecule has 0 aliphatic carbocycles. The van der Waals surface area contributed by atoms with E-state index in [0.29, 0.717) is 12.2 Å². The van der Waals surface area contributed by atoms with Gasteiger partial charge in [0.15, 0.2) is 0 Å². The third-order valence-electron chi connectivity index (χ3n) is 5.81. The van der Waals surface area contributed by atoms with Gasteiger partial charge in [0.05, 0.1) is 6.61 Å². The minimum absolute atomic E-state index is 0.0686. The number of esters is 1. The largest absolute Gasteiger partial charge is 0.482 e. The molecule has 4 rings (SSSR count). The molecule has 0 saturated carbocycles. The monoisotopic (exact) mass is 420 g/mol. The summed E-state index contributed by atoms with van der Waals surface area (Å²) in [6, 6.07) is 15.7. The molecule has 0 atom stereocenters. The van der Waals surface area contributed by atoms with Gasteiger partial charge in [0, 0.05) is 31.0 Å². The molecular formula is C25H28N2O4. The highest BCUT2D eigenvalue weighted by Gasteiger charge is 2.36. The average molecular weight is 421 g/mol. The topological polar surface area (TPSA) is 67.9 Å². The molecule has 2 aliphatic heterocycles. The zero-order chi connectivity index (χ0) is 21.8. The first-order chi connectivity index (χ1) is 15.0. The van der Waals surface area contributed by atoms with Crippen molar-refractivity contribution in [3.63, 3.8) is 0 Å². The number of hydrogen-bond acceptors (Lipinski definition) is 5. The highest BCUT2D eigenvalue weighted by atomic mass is 16.5. The first kappa shape index (κ1) is 21.1. The number of likely N-dealkylation sites (N-methyl/N-ethyl adjacent to an activating group) is 1. The molecule has 0 bridgehead atoms. The van der Waals surface area contributed by atoms with Crippen molar-refractivity contribution in [3.05, 3.63) is 71.3 Å². The van der Waals surface area contributed by atoms with Crippen LogP contribution in [0, 0.1) is 0 Å². The second-order valence-corrected chi connectivity index (χ2v) is 8.01. The number of para-hydroxylation sites is 1. The van der Waals surface area contributed by atoms with Gasteiger partial charge in [-0.25, -0.2) is 0 Å². The van der Waals surface area contributed by atoms with Crippen molar-refractivity contribution < 1.29 is 19.1 Å². The van der Waals surface area contributed by atoms with Crippen molar-refractivity contribution in [2.75, 3.05) is 33.3 Å². The Kier molecular flexibility index (Phi) is 6.09. The molecule has 0 aromatic heterocycles. The van der Waals surface area contributed by atoms with E-state index in [2.05, 4.69) is 17.5 Å². The standard InChI is InChI=1S/C25H28N2O4/c1-3-30-23(28)17-27(2)24(29)19-10-8-18(9-11-19)21-16-25(12-14-26-15-13-25)31-22-7-5-4-6-20(21)22/h4-11,16,26H,3,12-15,17H2,1-2H3. The van der Waals surface area contributed by atoms with Gasteiger partial charge < -0.3 is 19.7 Å². The summed E-state index contributed by atoms with van der Waals surface area (Å²) >= 11 is 0. The van der Waals surface area contributed by atoms with Crippen molar-refractivity contribution in [2.24, 2.45) is 0 Å². The fourth-order valence-electron chi connectivity index (χ4n) is 4.19. The van der Waals surface area contributed by atoms with Crippen LogP contribution in [0.1, 0.15) is 41.3 Å². The summed E-state index contributed by atoms with van der Waals surface area (Å²) in [5, 5.41) is 3.40. The molecule has 0 radical (unpaired) electrons. The number of nitrogens with zero attached hydrogens (tertiary/aromatic N) is 1. The maximum absolute atomic E-state index is 12.7. The molecule has 2 aliphatic rings. The van der Waals surface area contributed by atoms with E-state index in [1.807, 2.05) is 42.5 Å². The van der Waals surface area contributed by atoms with Gasteiger partial charge in [-0.15, -0.1) is 0 Å². The number of benzene rings is 2. The predicted octanol–water partition coefficient (Wildman–Crippen LogP) is 3.27. The van der Waals surface area contributed by atoms with Gasteiger partial charge in [-0.05, 0) is 55.4 Å². The summed E-state index contributed by atoms with van der Waals surface area (Å²) in [7, 11) is 1.60. The first-order valence-corrected chi connectivity index (χ1v) is 10.7. The van der Waals surface area contributed by atoms with Gasteiger partial charge in [0.25, 0.3) is 5.91 Å². The molecule has 1 amide bonds. The van der Waals surface area contributed by atoms with Crippen LogP contribution in [0.4, 0.5) is 0 Å². The minimum atomic E-state index is -0.411. The van der Waals surface area contributed by atoms with Gasteiger partial charge in [-0.1, -0.05) is 30.3 Å². The van der Waals surface area contributed by atoms with Crippen LogP contribution in [0.2, 0.25) is 0 Å². The van der Waals surface area contributed by atoms with Crippen LogP contribution in [-0.2, 0) is 9.53 Å². The Bertz CT molecular complexity index is 991. The van der Waals surface area contributed by atoms with Crippen LogP contribution < -0.4 is 10.1 Å². The third-order valence-corrected chi connectivity index (χ3v) is 5.81. The Morgan fingerprint density at radius 2 is 1.81 bits per heavy atom. The summed E-state index contributed by atoms with van der Waals surface area (Å²) in [5.41, 5.74) is 3.46. The Hall–Kier alpha value is -3.12. The van der Waals surface area contributed by atoms with Crippen LogP contribution >= 0.6 is 0 Å². The molecule has 1 spiro atoms.